The highest BCUT2D eigenvalue weighted by Gasteiger charge is 2.55. The van der Waals surface area contributed by atoms with Gasteiger partial charge in [0.05, 0.1) is 0 Å². The van der Waals surface area contributed by atoms with Crippen LogP contribution in [0.2, 0.25) is 19.6 Å². The third-order valence-electron chi connectivity index (χ3n) is 3.42. The van der Waals surface area contributed by atoms with Gasteiger partial charge < -0.3 is 5.11 Å². The van der Waals surface area contributed by atoms with Crippen LogP contribution in [0, 0.1) is 16.9 Å². The van der Waals surface area contributed by atoms with E-state index in [1.54, 1.807) is 0 Å². The summed E-state index contributed by atoms with van der Waals surface area (Å²) in [6.07, 6.45) is 5.89. The molecule has 0 radical (unpaired) electrons. The molecule has 14 heavy (non-hydrogen) atoms. The zero-order valence-electron chi connectivity index (χ0n) is 9.48. The average molecular weight is 208 g/mol. The number of hydrogen-bond acceptors (Lipinski definition) is 1. The fourth-order valence-corrected chi connectivity index (χ4v) is 3.22. The summed E-state index contributed by atoms with van der Waals surface area (Å²) in [6, 6.07) is 0. The first-order valence-electron chi connectivity index (χ1n) is 5.59. The Bertz CT molecular complexity index is 291. The molecule has 1 spiro atoms. The highest BCUT2D eigenvalue weighted by molar-refractivity contribution is 6.83. The maximum Gasteiger partial charge on any atom is 0.129 e. The quantitative estimate of drug-likeness (QED) is 0.479. The Morgan fingerprint density at radius 1 is 1.14 bits per heavy atom. The van der Waals surface area contributed by atoms with Crippen LogP contribution in [0.1, 0.15) is 32.1 Å². The molecule has 0 unspecified atom stereocenters. The van der Waals surface area contributed by atoms with Gasteiger partial charge in [-0.25, -0.2) is 0 Å². The summed E-state index contributed by atoms with van der Waals surface area (Å²) in [6.45, 7) is 6.67. The highest BCUT2D eigenvalue weighted by Crippen LogP contribution is 2.60. The van der Waals surface area contributed by atoms with Crippen molar-refractivity contribution in [2.24, 2.45) is 5.41 Å². The Morgan fingerprint density at radius 2 is 1.71 bits per heavy atom. The normalized spacial score (nSPS) is 27.1. The lowest BCUT2D eigenvalue weighted by atomic mass is 9.50. The van der Waals surface area contributed by atoms with Gasteiger partial charge in [-0.05, 0) is 31.1 Å². The van der Waals surface area contributed by atoms with Gasteiger partial charge in [-0.1, -0.05) is 32.0 Å². The zero-order valence-corrected chi connectivity index (χ0v) is 10.5. The Labute approximate surface area is 87.9 Å². The maximum atomic E-state index is 10.1. The van der Waals surface area contributed by atoms with Gasteiger partial charge in [0, 0.05) is 0 Å². The molecule has 0 aromatic heterocycles. The predicted molar refractivity (Wildman–Crippen MR) is 61.6 cm³/mol. The lowest BCUT2D eigenvalue weighted by molar-refractivity contribution is -0.126. The second kappa shape index (κ2) is 2.87. The Kier molecular flexibility index (Phi) is 2.10. The van der Waals surface area contributed by atoms with Gasteiger partial charge >= 0.3 is 0 Å². The first-order chi connectivity index (χ1) is 6.33. The van der Waals surface area contributed by atoms with Gasteiger partial charge in [0.2, 0.25) is 0 Å². The highest BCUT2D eigenvalue weighted by atomic mass is 28.3. The molecular weight excluding hydrogens is 188 g/mol. The monoisotopic (exact) mass is 208 g/mol. The predicted octanol–water partition coefficient (Wildman–Crippen LogP) is 2.56. The molecule has 78 valence electrons. The largest absolute Gasteiger partial charge is 0.378 e. The van der Waals surface area contributed by atoms with Gasteiger partial charge in [0.25, 0.3) is 0 Å². The molecule has 0 aromatic carbocycles. The van der Waals surface area contributed by atoms with Crippen molar-refractivity contribution in [2.45, 2.75) is 57.3 Å². The van der Waals surface area contributed by atoms with E-state index in [9.17, 15) is 5.11 Å². The lowest BCUT2D eigenvalue weighted by Gasteiger charge is -2.56. The van der Waals surface area contributed by atoms with Crippen molar-refractivity contribution in [3.8, 4) is 11.5 Å². The summed E-state index contributed by atoms with van der Waals surface area (Å²) in [4.78, 5) is 0. The van der Waals surface area contributed by atoms with Gasteiger partial charge in [-0.15, -0.1) is 5.54 Å². The van der Waals surface area contributed by atoms with Crippen LogP contribution in [-0.2, 0) is 0 Å². The van der Waals surface area contributed by atoms with Gasteiger partial charge in [0.15, 0.2) is 0 Å². The molecule has 0 aliphatic heterocycles. The molecule has 1 N–H and O–H groups in total. The van der Waals surface area contributed by atoms with Crippen molar-refractivity contribution in [1.29, 1.82) is 0 Å². The minimum Gasteiger partial charge on any atom is -0.378 e. The third-order valence-corrected chi connectivity index (χ3v) is 4.29. The summed E-state index contributed by atoms with van der Waals surface area (Å²) in [5.41, 5.74) is 3.20. The van der Waals surface area contributed by atoms with Crippen LogP contribution < -0.4 is 0 Å². The summed E-state index contributed by atoms with van der Waals surface area (Å²) in [7, 11) is -1.31. The average Bonchev–Trinajstić information content (AvgIpc) is 1.90. The van der Waals surface area contributed by atoms with Gasteiger partial charge in [-0.2, -0.15) is 0 Å². The number of hydrogen-bond donors (Lipinski definition) is 1. The molecule has 2 rings (SSSR count). The summed E-state index contributed by atoms with van der Waals surface area (Å²) in [5, 5.41) is 10.1. The van der Waals surface area contributed by atoms with E-state index in [1.807, 2.05) is 0 Å². The molecule has 2 saturated carbocycles. The van der Waals surface area contributed by atoms with E-state index in [0.717, 1.165) is 12.8 Å². The van der Waals surface area contributed by atoms with Crippen molar-refractivity contribution in [2.75, 3.05) is 0 Å². The fourth-order valence-electron chi connectivity index (χ4n) is 2.61. The molecule has 1 nitrogen and oxygen atoms in total. The Hall–Kier alpha value is -0.263. The van der Waals surface area contributed by atoms with E-state index in [1.165, 1.54) is 19.3 Å². The molecular formula is C12H20OSi. The van der Waals surface area contributed by atoms with E-state index < -0.39 is 13.7 Å². The zero-order chi connectivity index (χ0) is 10.4. The molecule has 2 fully saturated rings. The molecule has 0 aromatic rings. The van der Waals surface area contributed by atoms with Crippen molar-refractivity contribution in [3.63, 3.8) is 0 Å². The molecule has 2 aliphatic rings. The minimum atomic E-state index is -1.31. The fraction of sp³-hybridized carbons (Fsp3) is 0.833. The summed E-state index contributed by atoms with van der Waals surface area (Å²) < 4.78 is 0. The Balaban J connectivity index is 1.96. The lowest BCUT2D eigenvalue weighted by Crippen LogP contribution is -2.54. The van der Waals surface area contributed by atoms with Crippen LogP contribution in [0.3, 0.4) is 0 Å². The maximum absolute atomic E-state index is 10.1. The number of rotatable bonds is 0. The minimum absolute atomic E-state index is 0.517. The topological polar surface area (TPSA) is 20.2 Å². The van der Waals surface area contributed by atoms with E-state index in [0.29, 0.717) is 5.41 Å². The summed E-state index contributed by atoms with van der Waals surface area (Å²) >= 11 is 0. The van der Waals surface area contributed by atoms with Crippen LogP contribution in [0.25, 0.3) is 0 Å². The van der Waals surface area contributed by atoms with Crippen LogP contribution in [0.5, 0.6) is 0 Å². The van der Waals surface area contributed by atoms with E-state index in [2.05, 4.69) is 31.1 Å². The molecule has 0 heterocycles. The second-order valence-corrected chi connectivity index (χ2v) is 11.0. The van der Waals surface area contributed by atoms with Crippen molar-refractivity contribution >= 4 is 8.07 Å². The van der Waals surface area contributed by atoms with Crippen LogP contribution in [0.15, 0.2) is 0 Å². The smallest absolute Gasteiger partial charge is 0.129 e. The number of aliphatic hydroxyl groups is 1. The molecule has 0 bridgehead atoms. The second-order valence-electron chi connectivity index (χ2n) is 6.24. The third kappa shape index (κ3) is 1.89. The van der Waals surface area contributed by atoms with Crippen LogP contribution >= 0.6 is 0 Å². The molecule has 0 amide bonds. The Morgan fingerprint density at radius 3 is 2.07 bits per heavy atom. The summed E-state index contributed by atoms with van der Waals surface area (Å²) in [5.74, 6) is 3.13. The van der Waals surface area contributed by atoms with Crippen LogP contribution in [0.4, 0.5) is 0 Å². The molecule has 2 aliphatic carbocycles. The first kappa shape index (κ1) is 10.3. The van der Waals surface area contributed by atoms with E-state index in [4.69, 9.17) is 0 Å². The standard InChI is InChI=1S/C12H20OSi/c1-14(2,3)8-7-12(13)9-11(10-12)5-4-6-11/h13H,4-6,9-10H2,1-3H3. The van der Waals surface area contributed by atoms with E-state index >= 15 is 0 Å². The van der Waals surface area contributed by atoms with Crippen molar-refractivity contribution < 1.29 is 5.11 Å². The van der Waals surface area contributed by atoms with Crippen molar-refractivity contribution in [3.05, 3.63) is 0 Å². The van der Waals surface area contributed by atoms with Gasteiger partial charge in [-0.3, -0.25) is 0 Å². The van der Waals surface area contributed by atoms with E-state index in [-0.39, 0.29) is 0 Å². The van der Waals surface area contributed by atoms with Crippen molar-refractivity contribution in [1.82, 2.24) is 0 Å². The SMILES string of the molecule is C[Si](C)(C)C#CC1(O)CC2(CCC2)C1. The van der Waals surface area contributed by atoms with Gasteiger partial charge in [0.1, 0.15) is 13.7 Å². The molecule has 0 saturated heterocycles. The molecule has 2 heteroatoms. The molecule has 0 atom stereocenters. The first-order valence-corrected chi connectivity index (χ1v) is 9.09. The van der Waals surface area contributed by atoms with Crippen LogP contribution in [-0.4, -0.2) is 18.8 Å².